The second kappa shape index (κ2) is 2.99. The average molecular weight is 204 g/mol. The summed E-state index contributed by atoms with van der Waals surface area (Å²) < 4.78 is 5.68. The number of fused-ring (bicyclic) bond motifs is 1. The Labute approximate surface area is 89.3 Å². The Kier molecular flexibility index (Phi) is 2.00. The van der Waals surface area contributed by atoms with Crippen molar-refractivity contribution in [2.24, 2.45) is 0 Å². The Balaban J connectivity index is 2.71. The minimum absolute atomic E-state index is 0.0840. The number of benzene rings is 1. The Morgan fingerprint density at radius 1 is 1.27 bits per heavy atom. The summed E-state index contributed by atoms with van der Waals surface area (Å²) in [5.41, 5.74) is 9.11. The summed E-state index contributed by atoms with van der Waals surface area (Å²) in [6, 6.07) is 3.89. The summed E-state index contributed by atoms with van der Waals surface area (Å²) in [6.07, 6.45) is 0. The number of rotatable bonds is 0. The molecule has 0 saturated carbocycles. The van der Waals surface area contributed by atoms with E-state index in [9.17, 15) is 0 Å². The lowest BCUT2D eigenvalue weighted by Crippen LogP contribution is -2.10. The van der Waals surface area contributed by atoms with Crippen molar-refractivity contribution < 1.29 is 4.42 Å². The summed E-state index contributed by atoms with van der Waals surface area (Å²) in [6.45, 7) is 8.21. The summed E-state index contributed by atoms with van der Waals surface area (Å²) in [5, 5.41) is 0. The van der Waals surface area contributed by atoms with Gasteiger partial charge in [-0.1, -0.05) is 20.8 Å². The van der Waals surface area contributed by atoms with Gasteiger partial charge in [0.15, 0.2) is 5.58 Å². The Morgan fingerprint density at radius 2 is 1.93 bits per heavy atom. The molecule has 0 saturated heterocycles. The van der Waals surface area contributed by atoms with Gasteiger partial charge in [0, 0.05) is 5.41 Å². The molecule has 15 heavy (non-hydrogen) atoms. The molecular weight excluding hydrogens is 188 g/mol. The molecule has 1 heterocycles. The number of nitrogen functional groups attached to an aromatic ring is 1. The molecule has 3 nitrogen and oxygen atoms in total. The van der Waals surface area contributed by atoms with Crippen LogP contribution in [0.1, 0.15) is 32.2 Å². The van der Waals surface area contributed by atoms with E-state index in [1.54, 1.807) is 0 Å². The molecule has 2 N–H and O–H groups in total. The van der Waals surface area contributed by atoms with Gasteiger partial charge in [-0.05, 0) is 24.6 Å². The summed E-state index contributed by atoms with van der Waals surface area (Å²) in [5.74, 6) is 0.731. The molecule has 0 aliphatic heterocycles. The van der Waals surface area contributed by atoms with Crippen LogP contribution in [0.5, 0.6) is 0 Å². The maximum absolute atomic E-state index is 5.88. The third-order valence-corrected chi connectivity index (χ3v) is 2.30. The molecule has 2 aromatic rings. The summed E-state index contributed by atoms with van der Waals surface area (Å²) in [7, 11) is 0. The van der Waals surface area contributed by atoms with Gasteiger partial charge in [0.2, 0.25) is 5.89 Å². The fourth-order valence-corrected chi connectivity index (χ4v) is 1.53. The number of hydrogen-bond donors (Lipinski definition) is 1. The van der Waals surface area contributed by atoms with Crippen molar-refractivity contribution in [1.29, 1.82) is 0 Å². The van der Waals surface area contributed by atoms with Crippen LogP contribution in [0.3, 0.4) is 0 Å². The molecule has 0 aliphatic rings. The van der Waals surface area contributed by atoms with Crippen molar-refractivity contribution in [1.82, 2.24) is 4.98 Å². The predicted molar refractivity (Wildman–Crippen MR) is 61.9 cm³/mol. The maximum Gasteiger partial charge on any atom is 0.200 e. The van der Waals surface area contributed by atoms with Crippen LogP contribution >= 0.6 is 0 Å². The minimum Gasteiger partial charge on any atom is -0.438 e. The van der Waals surface area contributed by atoms with Crippen LogP contribution in [-0.2, 0) is 5.41 Å². The zero-order valence-electron chi connectivity index (χ0n) is 9.59. The molecule has 80 valence electrons. The van der Waals surface area contributed by atoms with Crippen LogP contribution in [0.25, 0.3) is 11.1 Å². The largest absolute Gasteiger partial charge is 0.438 e. The van der Waals surface area contributed by atoms with Crippen molar-refractivity contribution in [2.75, 3.05) is 5.73 Å². The van der Waals surface area contributed by atoms with Gasteiger partial charge in [-0.25, -0.2) is 4.98 Å². The van der Waals surface area contributed by atoms with E-state index in [2.05, 4.69) is 25.8 Å². The molecule has 0 spiro atoms. The number of aryl methyl sites for hydroxylation is 1. The van der Waals surface area contributed by atoms with Gasteiger partial charge >= 0.3 is 0 Å². The van der Waals surface area contributed by atoms with Crippen LogP contribution < -0.4 is 5.73 Å². The van der Waals surface area contributed by atoms with Gasteiger partial charge in [-0.2, -0.15) is 0 Å². The maximum atomic E-state index is 5.88. The molecule has 0 bridgehead atoms. The summed E-state index contributed by atoms with van der Waals surface area (Å²) in [4.78, 5) is 4.46. The van der Waals surface area contributed by atoms with E-state index in [0.29, 0.717) is 11.3 Å². The van der Waals surface area contributed by atoms with Crippen LogP contribution in [0, 0.1) is 6.92 Å². The van der Waals surface area contributed by atoms with Crippen LogP contribution in [0.15, 0.2) is 16.5 Å². The van der Waals surface area contributed by atoms with Gasteiger partial charge in [0.1, 0.15) is 5.52 Å². The molecule has 3 heteroatoms. The lowest BCUT2D eigenvalue weighted by Gasteiger charge is -2.11. The number of nitrogens with zero attached hydrogens (tertiary/aromatic N) is 1. The zero-order valence-corrected chi connectivity index (χ0v) is 9.59. The highest BCUT2D eigenvalue weighted by molar-refractivity contribution is 5.85. The third kappa shape index (κ3) is 1.69. The van der Waals surface area contributed by atoms with E-state index in [4.69, 9.17) is 10.2 Å². The second-order valence-corrected chi connectivity index (χ2v) is 4.97. The smallest absolute Gasteiger partial charge is 0.200 e. The van der Waals surface area contributed by atoms with Crippen molar-refractivity contribution in [2.45, 2.75) is 33.1 Å². The molecule has 0 radical (unpaired) electrons. The average Bonchev–Trinajstić information content (AvgIpc) is 2.46. The number of nitrogens with two attached hydrogens (primary N) is 1. The minimum atomic E-state index is -0.0840. The topological polar surface area (TPSA) is 52.0 Å². The number of hydrogen-bond acceptors (Lipinski definition) is 3. The SMILES string of the molecule is Cc1cc(N)c2oc(C(C)(C)C)nc2c1. The Bertz CT molecular complexity index is 506. The molecule has 0 amide bonds. The molecule has 0 atom stereocenters. The van der Waals surface area contributed by atoms with Gasteiger partial charge in [-0.3, -0.25) is 0 Å². The number of aromatic nitrogens is 1. The fraction of sp³-hybridized carbons (Fsp3) is 0.417. The summed E-state index contributed by atoms with van der Waals surface area (Å²) >= 11 is 0. The first-order chi connectivity index (χ1) is 6.88. The highest BCUT2D eigenvalue weighted by Gasteiger charge is 2.21. The van der Waals surface area contributed by atoms with Crippen molar-refractivity contribution in [3.8, 4) is 0 Å². The molecule has 0 aliphatic carbocycles. The van der Waals surface area contributed by atoms with E-state index < -0.39 is 0 Å². The van der Waals surface area contributed by atoms with Gasteiger partial charge < -0.3 is 10.2 Å². The Hall–Kier alpha value is -1.51. The monoisotopic (exact) mass is 204 g/mol. The highest BCUT2D eigenvalue weighted by atomic mass is 16.3. The first-order valence-electron chi connectivity index (χ1n) is 5.05. The van der Waals surface area contributed by atoms with Crippen molar-refractivity contribution in [3.63, 3.8) is 0 Å². The number of oxazole rings is 1. The van der Waals surface area contributed by atoms with Gasteiger partial charge in [0.25, 0.3) is 0 Å². The molecular formula is C12H16N2O. The van der Waals surface area contributed by atoms with Crippen LogP contribution in [0.2, 0.25) is 0 Å². The van der Waals surface area contributed by atoms with Crippen molar-refractivity contribution >= 4 is 16.8 Å². The van der Waals surface area contributed by atoms with E-state index in [0.717, 1.165) is 17.0 Å². The molecule has 2 rings (SSSR count). The molecule has 0 unspecified atom stereocenters. The number of anilines is 1. The lowest BCUT2D eigenvalue weighted by atomic mass is 9.97. The molecule has 0 fully saturated rings. The van der Waals surface area contributed by atoms with Crippen molar-refractivity contribution in [3.05, 3.63) is 23.6 Å². The fourth-order valence-electron chi connectivity index (χ4n) is 1.53. The van der Waals surface area contributed by atoms with E-state index in [1.807, 2.05) is 19.1 Å². The normalized spacial score (nSPS) is 12.3. The van der Waals surface area contributed by atoms with E-state index in [-0.39, 0.29) is 5.41 Å². The lowest BCUT2D eigenvalue weighted by molar-refractivity contribution is 0.411. The third-order valence-electron chi connectivity index (χ3n) is 2.30. The second-order valence-electron chi connectivity index (χ2n) is 4.97. The Morgan fingerprint density at radius 3 is 2.53 bits per heavy atom. The van der Waals surface area contributed by atoms with Crippen LogP contribution in [0.4, 0.5) is 5.69 Å². The molecule has 1 aromatic carbocycles. The predicted octanol–water partition coefficient (Wildman–Crippen LogP) is 3.02. The highest BCUT2D eigenvalue weighted by Crippen LogP contribution is 2.29. The first-order valence-corrected chi connectivity index (χ1v) is 5.05. The zero-order chi connectivity index (χ0) is 11.2. The van der Waals surface area contributed by atoms with Crippen LogP contribution in [-0.4, -0.2) is 4.98 Å². The standard InChI is InChI=1S/C12H16N2O/c1-7-5-8(13)10-9(6-7)14-11(15-10)12(2,3)4/h5-6H,13H2,1-4H3. The van der Waals surface area contributed by atoms with Gasteiger partial charge in [-0.15, -0.1) is 0 Å². The first kappa shape index (κ1) is 10.0. The van der Waals surface area contributed by atoms with E-state index in [1.165, 1.54) is 0 Å². The van der Waals surface area contributed by atoms with E-state index >= 15 is 0 Å². The molecule has 1 aromatic heterocycles. The quantitative estimate of drug-likeness (QED) is 0.671. The van der Waals surface area contributed by atoms with Gasteiger partial charge in [0.05, 0.1) is 5.69 Å².